The quantitative estimate of drug-likeness (QED) is 0.625. The van der Waals surface area contributed by atoms with Crippen LogP contribution in [0.5, 0.6) is 5.75 Å². The van der Waals surface area contributed by atoms with Crippen molar-refractivity contribution in [3.8, 4) is 11.4 Å². The van der Waals surface area contributed by atoms with E-state index in [1.165, 1.54) is 12.4 Å². The number of benzene rings is 1. The van der Waals surface area contributed by atoms with Crippen molar-refractivity contribution >= 4 is 5.91 Å². The van der Waals surface area contributed by atoms with Crippen LogP contribution in [0.15, 0.2) is 47.5 Å². The second kappa shape index (κ2) is 8.26. The predicted molar refractivity (Wildman–Crippen MR) is 90.8 cm³/mol. The summed E-state index contributed by atoms with van der Waals surface area (Å²) >= 11 is 0. The number of rotatable bonds is 8. The highest BCUT2D eigenvalue weighted by Crippen LogP contribution is 2.16. The molecule has 9 nitrogen and oxygen atoms in total. The largest absolute Gasteiger partial charge is 0.486 e. The fraction of sp³-hybridized carbons (Fsp3) is 0.294. The summed E-state index contributed by atoms with van der Waals surface area (Å²) in [5.41, 5.74) is 1.01. The molecular weight excluding hydrogens is 338 g/mol. The van der Waals surface area contributed by atoms with Crippen LogP contribution in [0, 0.1) is 0 Å². The minimum absolute atomic E-state index is 0.124. The first-order chi connectivity index (χ1) is 12.7. The molecule has 136 valence electrons. The van der Waals surface area contributed by atoms with Gasteiger partial charge in [-0.05, 0) is 30.7 Å². The van der Waals surface area contributed by atoms with Gasteiger partial charge < -0.3 is 19.7 Å². The second-order valence-electron chi connectivity index (χ2n) is 5.56. The van der Waals surface area contributed by atoms with Crippen LogP contribution in [0.3, 0.4) is 0 Å². The Hall–Kier alpha value is -3.20. The van der Waals surface area contributed by atoms with Crippen molar-refractivity contribution in [2.45, 2.75) is 26.0 Å². The molecule has 0 spiro atoms. The average molecular weight is 357 g/mol. The maximum atomic E-state index is 12.0. The topological polar surface area (TPSA) is 115 Å². The fourth-order valence-electron chi connectivity index (χ4n) is 2.22. The van der Waals surface area contributed by atoms with E-state index in [-0.39, 0.29) is 24.9 Å². The van der Waals surface area contributed by atoms with E-state index in [4.69, 9.17) is 14.4 Å². The standard InChI is InChI=1S/C17H19N5O4/c1-2-12(8-23)20-17(24)16-7-15(26-21-16)9-25-14-5-3-13(4-6-14)22-11-18-10-19-22/h3-7,10-12,23H,2,8-9H2,1H3,(H,20,24)/t12-/m1/s1. The van der Waals surface area contributed by atoms with Crippen molar-refractivity contribution in [1.82, 2.24) is 25.2 Å². The van der Waals surface area contributed by atoms with Gasteiger partial charge >= 0.3 is 0 Å². The molecule has 3 aromatic rings. The third-order valence-corrected chi connectivity index (χ3v) is 3.74. The number of aromatic nitrogens is 4. The maximum Gasteiger partial charge on any atom is 0.273 e. The van der Waals surface area contributed by atoms with Crippen LogP contribution >= 0.6 is 0 Å². The van der Waals surface area contributed by atoms with E-state index in [2.05, 4.69) is 20.6 Å². The summed E-state index contributed by atoms with van der Waals surface area (Å²) in [5, 5.41) is 19.6. The van der Waals surface area contributed by atoms with Gasteiger partial charge in [0.1, 0.15) is 25.0 Å². The minimum atomic E-state index is -0.391. The Morgan fingerprint density at radius 3 is 2.85 bits per heavy atom. The molecule has 0 unspecified atom stereocenters. The van der Waals surface area contributed by atoms with Gasteiger partial charge in [0.2, 0.25) is 0 Å². The lowest BCUT2D eigenvalue weighted by molar-refractivity contribution is 0.0905. The Morgan fingerprint density at radius 1 is 1.38 bits per heavy atom. The van der Waals surface area contributed by atoms with Gasteiger partial charge in [0, 0.05) is 6.07 Å². The molecule has 1 amide bonds. The number of amides is 1. The molecule has 9 heteroatoms. The van der Waals surface area contributed by atoms with Crippen molar-refractivity contribution in [2.75, 3.05) is 6.61 Å². The number of carbonyl (C=O) groups is 1. The lowest BCUT2D eigenvalue weighted by Gasteiger charge is -2.12. The third kappa shape index (κ3) is 4.25. The third-order valence-electron chi connectivity index (χ3n) is 3.74. The van der Waals surface area contributed by atoms with Gasteiger partial charge in [-0.2, -0.15) is 5.10 Å². The van der Waals surface area contributed by atoms with Gasteiger partial charge in [-0.25, -0.2) is 9.67 Å². The molecule has 3 rings (SSSR count). The molecule has 0 aliphatic heterocycles. The van der Waals surface area contributed by atoms with E-state index in [9.17, 15) is 4.79 Å². The highest BCUT2D eigenvalue weighted by atomic mass is 16.5. The lowest BCUT2D eigenvalue weighted by Crippen LogP contribution is -2.37. The molecule has 1 aromatic carbocycles. The Morgan fingerprint density at radius 2 is 2.19 bits per heavy atom. The Labute approximate surface area is 149 Å². The van der Waals surface area contributed by atoms with Gasteiger partial charge in [-0.3, -0.25) is 4.79 Å². The van der Waals surface area contributed by atoms with Gasteiger partial charge in [0.25, 0.3) is 5.91 Å². The zero-order valence-electron chi connectivity index (χ0n) is 14.2. The van der Waals surface area contributed by atoms with E-state index in [1.807, 2.05) is 19.1 Å². The van der Waals surface area contributed by atoms with Gasteiger partial charge in [0.15, 0.2) is 11.5 Å². The summed E-state index contributed by atoms with van der Waals surface area (Å²) < 4.78 is 12.4. The Kier molecular flexibility index (Phi) is 5.59. The molecule has 0 saturated heterocycles. The van der Waals surface area contributed by atoms with Crippen molar-refractivity contribution in [2.24, 2.45) is 0 Å². The number of aliphatic hydroxyl groups excluding tert-OH is 1. The highest BCUT2D eigenvalue weighted by Gasteiger charge is 2.16. The molecule has 2 heterocycles. The van der Waals surface area contributed by atoms with E-state index in [0.717, 1.165) is 5.69 Å². The zero-order valence-corrected chi connectivity index (χ0v) is 14.2. The molecule has 0 radical (unpaired) electrons. The first kappa shape index (κ1) is 17.6. The number of carbonyl (C=O) groups excluding carboxylic acids is 1. The molecule has 0 bridgehead atoms. The van der Waals surface area contributed by atoms with Crippen LogP contribution < -0.4 is 10.1 Å². The smallest absolute Gasteiger partial charge is 0.273 e. The molecule has 26 heavy (non-hydrogen) atoms. The van der Waals surface area contributed by atoms with Crippen LogP contribution in [-0.4, -0.2) is 43.6 Å². The summed E-state index contributed by atoms with van der Waals surface area (Å²) in [7, 11) is 0. The van der Waals surface area contributed by atoms with Crippen LogP contribution in [-0.2, 0) is 6.61 Å². The van der Waals surface area contributed by atoms with Crippen molar-refractivity contribution in [3.05, 3.63) is 54.4 Å². The first-order valence-electron chi connectivity index (χ1n) is 8.14. The second-order valence-corrected chi connectivity index (χ2v) is 5.56. The number of aliphatic hydroxyl groups is 1. The lowest BCUT2D eigenvalue weighted by atomic mass is 10.2. The van der Waals surface area contributed by atoms with E-state index < -0.39 is 5.91 Å². The van der Waals surface area contributed by atoms with Gasteiger partial charge in [0.05, 0.1) is 18.3 Å². The molecule has 0 aliphatic carbocycles. The van der Waals surface area contributed by atoms with E-state index in [0.29, 0.717) is 17.9 Å². The van der Waals surface area contributed by atoms with Gasteiger partial charge in [-0.15, -0.1) is 0 Å². The first-order valence-corrected chi connectivity index (χ1v) is 8.14. The summed E-state index contributed by atoms with van der Waals surface area (Å²) in [5.74, 6) is 0.674. The molecular formula is C17H19N5O4. The molecule has 0 saturated carbocycles. The number of nitrogens with one attached hydrogen (secondary N) is 1. The predicted octanol–water partition coefficient (Wildman–Crippen LogP) is 1.33. The summed E-state index contributed by atoms with van der Waals surface area (Å²) in [4.78, 5) is 15.9. The average Bonchev–Trinajstić information content (AvgIpc) is 3.36. The minimum Gasteiger partial charge on any atom is -0.486 e. The van der Waals surface area contributed by atoms with Crippen molar-refractivity contribution in [1.29, 1.82) is 0 Å². The normalized spacial score (nSPS) is 11.9. The van der Waals surface area contributed by atoms with Crippen LogP contribution in [0.1, 0.15) is 29.6 Å². The van der Waals surface area contributed by atoms with Crippen LogP contribution in [0.2, 0.25) is 0 Å². The molecule has 0 aliphatic rings. The molecule has 1 atom stereocenters. The maximum absolute atomic E-state index is 12.0. The zero-order chi connectivity index (χ0) is 18.4. The van der Waals surface area contributed by atoms with E-state index >= 15 is 0 Å². The molecule has 2 aromatic heterocycles. The van der Waals surface area contributed by atoms with Crippen molar-refractivity contribution < 1.29 is 19.2 Å². The summed E-state index contributed by atoms with van der Waals surface area (Å²) in [6.07, 6.45) is 3.70. The van der Waals surface area contributed by atoms with E-state index in [1.54, 1.807) is 23.1 Å². The number of ether oxygens (including phenoxy) is 1. The Balaban J connectivity index is 1.55. The summed E-state index contributed by atoms with van der Waals surface area (Å²) in [6, 6.07) is 8.51. The Bertz CT molecular complexity index is 825. The van der Waals surface area contributed by atoms with Gasteiger partial charge in [-0.1, -0.05) is 12.1 Å². The number of hydrogen-bond acceptors (Lipinski definition) is 7. The number of hydrogen-bond donors (Lipinski definition) is 2. The monoisotopic (exact) mass is 357 g/mol. The molecule has 0 fully saturated rings. The van der Waals surface area contributed by atoms with Crippen LogP contribution in [0.25, 0.3) is 5.69 Å². The summed E-state index contributed by atoms with van der Waals surface area (Å²) in [6.45, 7) is 1.89. The number of nitrogens with zero attached hydrogens (tertiary/aromatic N) is 4. The highest BCUT2D eigenvalue weighted by molar-refractivity contribution is 5.92. The molecule has 2 N–H and O–H groups in total. The van der Waals surface area contributed by atoms with Crippen molar-refractivity contribution in [3.63, 3.8) is 0 Å². The fourth-order valence-corrected chi connectivity index (χ4v) is 2.22. The SMILES string of the molecule is CC[C@H](CO)NC(=O)c1cc(COc2ccc(-n3cncn3)cc2)on1. The van der Waals surface area contributed by atoms with Crippen LogP contribution in [0.4, 0.5) is 0 Å².